The highest BCUT2D eigenvalue weighted by Gasteiger charge is 2.34. The topological polar surface area (TPSA) is 26.3 Å². The van der Waals surface area contributed by atoms with E-state index < -0.39 is 0 Å². The SMILES string of the molecule is CC(=O)O[C@@H]1c2cccc(Br)c2C[C@@H]1Br. The Kier molecular flexibility index (Phi) is 3.16. The highest BCUT2D eigenvalue weighted by molar-refractivity contribution is 9.10. The lowest BCUT2D eigenvalue weighted by Crippen LogP contribution is -2.13. The third-order valence-corrected chi connectivity index (χ3v) is 4.03. The summed E-state index contributed by atoms with van der Waals surface area (Å²) >= 11 is 7.06. The van der Waals surface area contributed by atoms with Crippen LogP contribution in [0.25, 0.3) is 0 Å². The Morgan fingerprint density at radius 2 is 2.27 bits per heavy atom. The third-order valence-electron chi connectivity index (χ3n) is 2.48. The molecular weight excluding hydrogens is 324 g/mol. The number of carbonyl (C=O) groups excluding carboxylic acids is 1. The van der Waals surface area contributed by atoms with E-state index >= 15 is 0 Å². The van der Waals surface area contributed by atoms with E-state index in [1.165, 1.54) is 12.5 Å². The minimum atomic E-state index is -0.239. The van der Waals surface area contributed by atoms with Gasteiger partial charge in [0, 0.05) is 11.4 Å². The van der Waals surface area contributed by atoms with E-state index in [9.17, 15) is 4.79 Å². The summed E-state index contributed by atoms with van der Waals surface area (Å²) < 4.78 is 6.38. The summed E-state index contributed by atoms with van der Waals surface area (Å²) in [7, 11) is 0. The van der Waals surface area contributed by atoms with Gasteiger partial charge in [0.2, 0.25) is 0 Å². The maximum absolute atomic E-state index is 11.0. The van der Waals surface area contributed by atoms with Crippen molar-refractivity contribution < 1.29 is 9.53 Å². The molecular formula is C11H10Br2O2. The Hall–Kier alpha value is -0.350. The fourth-order valence-corrected chi connectivity index (χ4v) is 3.13. The second-order valence-corrected chi connectivity index (χ2v) is 5.59. The average Bonchev–Trinajstić information content (AvgIpc) is 2.45. The summed E-state index contributed by atoms with van der Waals surface area (Å²) in [5, 5.41) is 0. The monoisotopic (exact) mass is 332 g/mol. The molecule has 1 aliphatic carbocycles. The predicted molar refractivity (Wildman–Crippen MR) is 65.1 cm³/mol. The zero-order valence-electron chi connectivity index (χ0n) is 8.17. The zero-order chi connectivity index (χ0) is 11.0. The number of hydrogen-bond donors (Lipinski definition) is 0. The third kappa shape index (κ3) is 2.11. The van der Waals surface area contributed by atoms with E-state index in [1.54, 1.807) is 0 Å². The number of fused-ring (bicyclic) bond motifs is 1. The normalized spacial score (nSPS) is 23.7. The first-order chi connectivity index (χ1) is 7.09. The van der Waals surface area contributed by atoms with E-state index in [2.05, 4.69) is 31.9 Å². The first-order valence-corrected chi connectivity index (χ1v) is 6.39. The van der Waals surface area contributed by atoms with Crippen molar-refractivity contribution in [2.24, 2.45) is 0 Å². The van der Waals surface area contributed by atoms with Crippen molar-refractivity contribution >= 4 is 37.8 Å². The Bertz CT molecular complexity index is 404. The Morgan fingerprint density at radius 3 is 2.93 bits per heavy atom. The van der Waals surface area contributed by atoms with Crippen molar-refractivity contribution in [1.82, 2.24) is 0 Å². The molecule has 1 aliphatic rings. The number of hydrogen-bond acceptors (Lipinski definition) is 2. The van der Waals surface area contributed by atoms with Crippen molar-refractivity contribution in [2.45, 2.75) is 24.3 Å². The lowest BCUT2D eigenvalue weighted by Gasteiger charge is -2.15. The number of benzene rings is 1. The molecule has 0 aliphatic heterocycles. The van der Waals surface area contributed by atoms with Crippen LogP contribution < -0.4 is 0 Å². The molecule has 2 nitrogen and oxygen atoms in total. The molecule has 0 saturated carbocycles. The molecule has 80 valence electrons. The van der Waals surface area contributed by atoms with Crippen LogP contribution in [-0.4, -0.2) is 10.8 Å². The van der Waals surface area contributed by atoms with Crippen LogP contribution in [-0.2, 0) is 16.0 Å². The van der Waals surface area contributed by atoms with Crippen molar-refractivity contribution in [2.75, 3.05) is 0 Å². The van der Waals surface area contributed by atoms with Crippen LogP contribution in [0.15, 0.2) is 22.7 Å². The number of halogens is 2. The van der Waals surface area contributed by atoms with Gasteiger partial charge < -0.3 is 4.74 Å². The number of ether oxygens (including phenoxy) is 1. The molecule has 0 aromatic heterocycles. The molecule has 4 heteroatoms. The van der Waals surface area contributed by atoms with E-state index in [0.29, 0.717) is 0 Å². The Morgan fingerprint density at radius 1 is 1.53 bits per heavy atom. The van der Waals surface area contributed by atoms with Gasteiger partial charge in [-0.05, 0) is 23.6 Å². The van der Waals surface area contributed by atoms with Gasteiger partial charge in [0.15, 0.2) is 0 Å². The second kappa shape index (κ2) is 4.26. The summed E-state index contributed by atoms with van der Waals surface area (Å²) in [6.07, 6.45) is 0.726. The van der Waals surface area contributed by atoms with Crippen LogP contribution in [0.5, 0.6) is 0 Å². The standard InChI is InChI=1S/C11H10Br2O2/c1-6(14)15-11-7-3-2-4-9(12)8(7)5-10(11)13/h2-4,10-11H,5H2,1H3/t10-,11+/m0/s1. The number of esters is 1. The van der Waals surface area contributed by atoms with Crippen LogP contribution in [0.3, 0.4) is 0 Å². The van der Waals surface area contributed by atoms with Gasteiger partial charge in [0.1, 0.15) is 6.10 Å². The first-order valence-electron chi connectivity index (χ1n) is 4.68. The molecule has 15 heavy (non-hydrogen) atoms. The molecule has 2 atom stereocenters. The molecule has 1 aromatic carbocycles. The predicted octanol–water partition coefficient (Wildman–Crippen LogP) is 3.37. The van der Waals surface area contributed by atoms with Gasteiger partial charge in [0.05, 0.1) is 4.83 Å². The highest BCUT2D eigenvalue weighted by atomic mass is 79.9. The smallest absolute Gasteiger partial charge is 0.303 e. The van der Waals surface area contributed by atoms with Crippen molar-refractivity contribution in [3.63, 3.8) is 0 Å². The van der Waals surface area contributed by atoms with E-state index in [1.807, 2.05) is 18.2 Å². The van der Waals surface area contributed by atoms with Crippen molar-refractivity contribution in [3.05, 3.63) is 33.8 Å². The lowest BCUT2D eigenvalue weighted by atomic mass is 10.1. The van der Waals surface area contributed by atoms with E-state index in [0.717, 1.165) is 16.5 Å². The Labute approximate surface area is 105 Å². The maximum atomic E-state index is 11.0. The molecule has 0 amide bonds. The molecule has 0 spiro atoms. The van der Waals surface area contributed by atoms with Crippen LogP contribution in [0.4, 0.5) is 0 Å². The minimum Gasteiger partial charge on any atom is -0.456 e. The van der Waals surface area contributed by atoms with E-state index in [4.69, 9.17) is 4.74 Å². The number of carbonyl (C=O) groups is 1. The van der Waals surface area contributed by atoms with Gasteiger partial charge in [-0.2, -0.15) is 0 Å². The molecule has 1 aromatic rings. The largest absolute Gasteiger partial charge is 0.456 e. The molecule has 2 rings (SSSR count). The van der Waals surface area contributed by atoms with Crippen molar-refractivity contribution in [1.29, 1.82) is 0 Å². The molecule has 0 unspecified atom stereocenters. The van der Waals surface area contributed by atoms with Gasteiger partial charge in [-0.1, -0.05) is 44.0 Å². The lowest BCUT2D eigenvalue weighted by molar-refractivity contribution is -0.146. The summed E-state index contributed by atoms with van der Waals surface area (Å²) in [5.41, 5.74) is 2.33. The van der Waals surface area contributed by atoms with Crippen LogP contribution in [0.1, 0.15) is 24.2 Å². The fourth-order valence-electron chi connectivity index (χ4n) is 1.87. The van der Waals surface area contributed by atoms with E-state index in [-0.39, 0.29) is 16.9 Å². The van der Waals surface area contributed by atoms with Gasteiger partial charge in [-0.15, -0.1) is 0 Å². The first kappa shape index (κ1) is 11.1. The van der Waals surface area contributed by atoms with Crippen LogP contribution in [0.2, 0.25) is 0 Å². The van der Waals surface area contributed by atoms with Crippen LogP contribution in [0, 0.1) is 0 Å². The zero-order valence-corrected chi connectivity index (χ0v) is 11.3. The number of alkyl halides is 1. The molecule has 0 N–H and O–H groups in total. The molecule has 0 heterocycles. The average molecular weight is 334 g/mol. The van der Waals surface area contributed by atoms with Gasteiger partial charge >= 0.3 is 5.97 Å². The summed E-state index contributed by atoms with van der Waals surface area (Å²) in [5.74, 6) is -0.239. The fraction of sp³-hybridized carbons (Fsp3) is 0.364. The summed E-state index contributed by atoms with van der Waals surface area (Å²) in [6, 6.07) is 5.98. The highest BCUT2D eigenvalue weighted by Crippen LogP contribution is 2.41. The minimum absolute atomic E-state index is 0.157. The summed E-state index contributed by atoms with van der Waals surface area (Å²) in [6.45, 7) is 1.44. The molecule has 0 saturated heterocycles. The molecule has 0 bridgehead atoms. The van der Waals surface area contributed by atoms with Gasteiger partial charge in [0.25, 0.3) is 0 Å². The van der Waals surface area contributed by atoms with Crippen molar-refractivity contribution in [3.8, 4) is 0 Å². The summed E-state index contributed by atoms with van der Waals surface area (Å²) in [4.78, 5) is 11.2. The van der Waals surface area contributed by atoms with Crippen LogP contribution >= 0.6 is 31.9 Å². The second-order valence-electron chi connectivity index (χ2n) is 3.56. The van der Waals surface area contributed by atoms with Gasteiger partial charge in [-0.3, -0.25) is 4.79 Å². The van der Waals surface area contributed by atoms with Gasteiger partial charge in [-0.25, -0.2) is 0 Å². The quantitative estimate of drug-likeness (QED) is 0.581. The Balaban J connectivity index is 2.37. The maximum Gasteiger partial charge on any atom is 0.303 e. The molecule has 0 fully saturated rings. The number of rotatable bonds is 1. The molecule has 0 radical (unpaired) electrons.